The number of carbonyl (C=O) groups excluding carboxylic acids is 2. The molecule has 3 aliphatic heterocycles. The first-order chi connectivity index (χ1) is 25.5. The Kier molecular flexibility index (Phi) is 15.1. The highest BCUT2D eigenvalue weighted by molar-refractivity contribution is 7.23. The second-order valence-corrected chi connectivity index (χ2v) is 18.8. The number of amides is 2. The van der Waals surface area contributed by atoms with Gasteiger partial charge < -0.3 is 19.1 Å². The molecule has 2 aromatic heterocycles. The van der Waals surface area contributed by atoms with Gasteiger partial charge in [-0.25, -0.2) is 0 Å². The van der Waals surface area contributed by atoms with Crippen LogP contribution in [0.5, 0.6) is 0 Å². The van der Waals surface area contributed by atoms with Crippen LogP contribution in [0.2, 0.25) is 0 Å². The molecular weight excluding hydrogens is 695 g/mol. The monoisotopic (exact) mass is 762 g/mol. The second kappa shape index (κ2) is 19.1. The van der Waals surface area contributed by atoms with Crippen molar-refractivity contribution in [3.05, 3.63) is 50.5 Å². The van der Waals surface area contributed by atoms with Gasteiger partial charge in [0.1, 0.15) is 0 Å². The van der Waals surface area contributed by atoms with Crippen molar-refractivity contribution >= 4 is 57.8 Å². The lowest BCUT2D eigenvalue weighted by molar-refractivity contribution is -0.124. The third-order valence-electron chi connectivity index (χ3n) is 12.0. The van der Waals surface area contributed by atoms with Crippen LogP contribution < -0.4 is 4.78 Å². The summed E-state index contributed by atoms with van der Waals surface area (Å²) in [6.07, 6.45) is 18.7. The summed E-state index contributed by atoms with van der Waals surface area (Å²) in [5.74, 6) is 0.760. The Morgan fingerprint density at radius 3 is 1.55 bits per heavy atom. The van der Waals surface area contributed by atoms with Gasteiger partial charge in [-0.05, 0) is 82.7 Å². The molecule has 5 rings (SSSR count). The van der Waals surface area contributed by atoms with Crippen molar-refractivity contribution in [2.75, 3.05) is 13.1 Å². The standard InChI is InChI=1S/C44H67BN2O4S2/c1-9-13-17-19-24-32(22-15-11-3)30-46-39(34-26-21-29-52-34)37-38(42(46)49)40(35-27-28-36(53-35)45-50-43(5,6)44(7,8)51-45)47(41(37)48)31-33(23-16-12-4)25-20-18-14-10-2/h21,26-29,32-33H,9-20,22-25,30-31H2,1-8H3. The second-order valence-electron chi connectivity index (χ2n) is 16.8. The van der Waals surface area contributed by atoms with Crippen LogP contribution in [0.1, 0.15) is 168 Å². The summed E-state index contributed by atoms with van der Waals surface area (Å²) in [5.41, 5.74) is 1.92. The van der Waals surface area contributed by atoms with Crippen molar-refractivity contribution in [3.8, 4) is 0 Å². The van der Waals surface area contributed by atoms with Gasteiger partial charge in [0, 0.05) is 17.9 Å². The third-order valence-corrected chi connectivity index (χ3v) is 14.0. The molecular formula is C44H67BN2O4S2. The van der Waals surface area contributed by atoms with Crippen LogP contribution in [-0.2, 0) is 18.9 Å². The average Bonchev–Trinajstić information content (AvgIpc) is 3.95. The maximum Gasteiger partial charge on any atom is 0.505 e. The fourth-order valence-corrected chi connectivity index (χ4v) is 9.92. The zero-order chi connectivity index (χ0) is 38.2. The van der Waals surface area contributed by atoms with Crippen LogP contribution in [0.25, 0.3) is 11.4 Å². The van der Waals surface area contributed by atoms with Crippen LogP contribution in [0.15, 0.2) is 40.8 Å². The third kappa shape index (κ3) is 9.61. The topological polar surface area (TPSA) is 59.1 Å². The van der Waals surface area contributed by atoms with Gasteiger partial charge in [-0.3, -0.25) is 9.59 Å². The number of nitrogens with zero attached hydrogens (tertiary/aromatic N) is 2. The molecule has 0 aromatic carbocycles. The molecule has 2 atom stereocenters. The lowest BCUT2D eigenvalue weighted by atomic mass is 9.88. The largest absolute Gasteiger partial charge is 0.505 e. The van der Waals surface area contributed by atoms with E-state index in [2.05, 4.69) is 79.0 Å². The van der Waals surface area contributed by atoms with E-state index in [-0.39, 0.29) is 11.8 Å². The molecule has 292 valence electrons. The Balaban J connectivity index is 1.58. The molecule has 0 N–H and O–H groups in total. The minimum absolute atomic E-state index is 0.0112. The number of rotatable bonds is 23. The number of thiophene rings is 2. The zero-order valence-electron chi connectivity index (χ0n) is 34.2. The highest BCUT2D eigenvalue weighted by Gasteiger charge is 2.53. The minimum atomic E-state index is -0.495. The SMILES string of the molecule is CCCCCCC(CCCC)CN1C(=O)C2=C(c3ccc(B4OC(C)(C)C(C)(C)O4)s3)N(CC(CCCC)CCCCCC)C(=O)C2=C1c1cccs1. The Bertz CT molecular complexity index is 1560. The number of hydrogen-bond donors (Lipinski definition) is 0. The Hall–Kier alpha value is -2.20. The molecule has 0 saturated carbocycles. The van der Waals surface area contributed by atoms with Gasteiger partial charge in [-0.2, -0.15) is 0 Å². The molecule has 9 heteroatoms. The summed E-state index contributed by atoms with van der Waals surface area (Å²) >= 11 is 3.23. The van der Waals surface area contributed by atoms with Gasteiger partial charge in [0.25, 0.3) is 11.8 Å². The summed E-state index contributed by atoms with van der Waals surface area (Å²) < 4.78 is 13.9. The van der Waals surface area contributed by atoms with Gasteiger partial charge in [0.05, 0.1) is 43.5 Å². The quantitative estimate of drug-likeness (QED) is 0.0836. The predicted octanol–water partition coefficient (Wildman–Crippen LogP) is 11.5. The van der Waals surface area contributed by atoms with E-state index in [1.165, 1.54) is 51.4 Å². The summed E-state index contributed by atoms with van der Waals surface area (Å²) in [4.78, 5) is 36.2. The molecule has 3 aliphatic rings. The first-order valence-electron chi connectivity index (χ1n) is 21.1. The average molecular weight is 763 g/mol. The van der Waals surface area contributed by atoms with E-state index in [1.807, 2.05) is 15.9 Å². The fourth-order valence-electron chi connectivity index (χ4n) is 8.11. The van der Waals surface area contributed by atoms with Gasteiger partial charge in [0.15, 0.2) is 0 Å². The molecule has 6 nitrogen and oxygen atoms in total. The molecule has 0 aliphatic carbocycles. The first kappa shape index (κ1) is 42.0. The molecule has 2 amide bonds. The highest BCUT2D eigenvalue weighted by Crippen LogP contribution is 2.49. The molecule has 0 radical (unpaired) electrons. The fraction of sp³-hybridized carbons (Fsp3) is 0.682. The van der Waals surface area contributed by atoms with Crippen molar-refractivity contribution in [1.29, 1.82) is 0 Å². The molecule has 5 heterocycles. The lowest BCUT2D eigenvalue weighted by Gasteiger charge is -2.32. The smallest absolute Gasteiger partial charge is 0.399 e. The van der Waals surface area contributed by atoms with Crippen LogP contribution >= 0.6 is 22.7 Å². The van der Waals surface area contributed by atoms with Gasteiger partial charge in [-0.15, -0.1) is 22.7 Å². The van der Waals surface area contributed by atoms with E-state index in [0.717, 1.165) is 77.3 Å². The summed E-state index contributed by atoms with van der Waals surface area (Å²) in [7, 11) is -0.495. The van der Waals surface area contributed by atoms with Crippen LogP contribution in [0.4, 0.5) is 0 Å². The van der Waals surface area contributed by atoms with Crippen molar-refractivity contribution < 1.29 is 18.9 Å². The van der Waals surface area contributed by atoms with Crippen molar-refractivity contribution in [1.82, 2.24) is 9.80 Å². The lowest BCUT2D eigenvalue weighted by Crippen LogP contribution is -2.41. The number of hydrogen-bond acceptors (Lipinski definition) is 6. The van der Waals surface area contributed by atoms with Crippen LogP contribution in [0.3, 0.4) is 0 Å². The van der Waals surface area contributed by atoms with Crippen molar-refractivity contribution in [2.24, 2.45) is 11.8 Å². The van der Waals surface area contributed by atoms with Gasteiger partial charge in [0.2, 0.25) is 0 Å². The van der Waals surface area contributed by atoms with Crippen molar-refractivity contribution in [2.45, 2.75) is 169 Å². The van der Waals surface area contributed by atoms with Gasteiger partial charge in [-0.1, -0.05) is 117 Å². The number of unbranched alkanes of at least 4 members (excludes halogenated alkanes) is 8. The molecule has 0 spiro atoms. The maximum absolute atomic E-state index is 15.1. The van der Waals surface area contributed by atoms with E-state index in [4.69, 9.17) is 9.31 Å². The van der Waals surface area contributed by atoms with E-state index in [9.17, 15) is 0 Å². The molecule has 1 fully saturated rings. The minimum Gasteiger partial charge on any atom is -0.399 e. The van der Waals surface area contributed by atoms with Crippen LogP contribution in [-0.4, -0.2) is 53.0 Å². The van der Waals surface area contributed by atoms with E-state index < -0.39 is 18.3 Å². The summed E-state index contributed by atoms with van der Waals surface area (Å²) in [6.45, 7) is 18.6. The van der Waals surface area contributed by atoms with E-state index in [0.29, 0.717) is 36.1 Å². The summed E-state index contributed by atoms with van der Waals surface area (Å²) in [6, 6.07) is 8.31. The molecule has 1 saturated heterocycles. The normalized spacial score (nSPS) is 19.4. The van der Waals surface area contributed by atoms with E-state index >= 15 is 9.59 Å². The number of carbonyl (C=O) groups is 2. The maximum atomic E-state index is 15.1. The molecule has 0 bridgehead atoms. The van der Waals surface area contributed by atoms with Crippen LogP contribution in [0, 0.1) is 11.8 Å². The van der Waals surface area contributed by atoms with Crippen molar-refractivity contribution in [3.63, 3.8) is 0 Å². The summed E-state index contributed by atoms with van der Waals surface area (Å²) in [5, 5.41) is 2.07. The molecule has 2 aromatic rings. The van der Waals surface area contributed by atoms with E-state index in [1.54, 1.807) is 22.7 Å². The Morgan fingerprint density at radius 2 is 1.09 bits per heavy atom. The number of fused-ring (bicyclic) bond motifs is 1. The first-order valence-corrected chi connectivity index (χ1v) is 22.8. The predicted molar refractivity (Wildman–Crippen MR) is 225 cm³/mol. The Morgan fingerprint density at radius 1 is 0.623 bits per heavy atom. The van der Waals surface area contributed by atoms with Gasteiger partial charge >= 0.3 is 7.12 Å². The highest BCUT2D eigenvalue weighted by atomic mass is 32.1. The Labute approximate surface area is 329 Å². The molecule has 2 unspecified atom stereocenters. The zero-order valence-corrected chi connectivity index (χ0v) is 35.8. The molecule has 53 heavy (non-hydrogen) atoms.